The van der Waals surface area contributed by atoms with E-state index in [2.05, 4.69) is 24.1 Å². The van der Waals surface area contributed by atoms with Gasteiger partial charge in [0.15, 0.2) is 0 Å². The maximum absolute atomic E-state index is 3.68. The number of nitrogens with one attached hydrogen (secondary N) is 1. The standard InChI is InChI=1S/C13H26N2/c1-3-11(2)15-8-4-5-12(10-15)9-14-13-6-7-13/h11-14H,3-10H2,1-2H3. The van der Waals surface area contributed by atoms with E-state index < -0.39 is 0 Å². The van der Waals surface area contributed by atoms with E-state index in [1.807, 2.05) is 0 Å². The third-order valence-electron chi connectivity index (χ3n) is 4.04. The highest BCUT2D eigenvalue weighted by Crippen LogP contribution is 2.22. The largest absolute Gasteiger partial charge is 0.314 e. The number of rotatable bonds is 5. The smallest absolute Gasteiger partial charge is 0.00683 e. The molecule has 1 saturated heterocycles. The Balaban J connectivity index is 1.70. The van der Waals surface area contributed by atoms with Gasteiger partial charge in [-0.2, -0.15) is 0 Å². The zero-order chi connectivity index (χ0) is 10.7. The second-order valence-corrected chi connectivity index (χ2v) is 5.44. The Morgan fingerprint density at radius 1 is 1.33 bits per heavy atom. The lowest BCUT2D eigenvalue weighted by Crippen LogP contribution is -2.44. The summed E-state index contributed by atoms with van der Waals surface area (Å²) < 4.78 is 0. The third-order valence-corrected chi connectivity index (χ3v) is 4.04. The Kier molecular flexibility index (Phi) is 4.04. The minimum Gasteiger partial charge on any atom is -0.314 e. The van der Waals surface area contributed by atoms with E-state index in [1.165, 1.54) is 51.7 Å². The molecule has 2 heteroatoms. The van der Waals surface area contributed by atoms with Crippen LogP contribution in [-0.2, 0) is 0 Å². The summed E-state index contributed by atoms with van der Waals surface area (Å²) >= 11 is 0. The van der Waals surface area contributed by atoms with E-state index in [0.29, 0.717) is 0 Å². The molecule has 1 saturated carbocycles. The van der Waals surface area contributed by atoms with Gasteiger partial charge < -0.3 is 10.2 Å². The molecule has 0 aromatic carbocycles. The van der Waals surface area contributed by atoms with Crippen molar-refractivity contribution in [3.63, 3.8) is 0 Å². The number of hydrogen-bond acceptors (Lipinski definition) is 2. The highest BCUT2D eigenvalue weighted by atomic mass is 15.2. The van der Waals surface area contributed by atoms with Crippen LogP contribution < -0.4 is 5.32 Å². The van der Waals surface area contributed by atoms with Gasteiger partial charge in [0, 0.05) is 18.6 Å². The van der Waals surface area contributed by atoms with Crippen LogP contribution in [-0.4, -0.2) is 36.6 Å². The Hall–Kier alpha value is -0.0800. The quantitative estimate of drug-likeness (QED) is 0.749. The Labute approximate surface area is 94.4 Å². The number of nitrogens with zero attached hydrogens (tertiary/aromatic N) is 1. The van der Waals surface area contributed by atoms with Gasteiger partial charge >= 0.3 is 0 Å². The fourth-order valence-corrected chi connectivity index (χ4v) is 2.54. The first kappa shape index (κ1) is 11.4. The highest BCUT2D eigenvalue weighted by Gasteiger charge is 2.25. The van der Waals surface area contributed by atoms with Crippen molar-refractivity contribution in [3.05, 3.63) is 0 Å². The van der Waals surface area contributed by atoms with Crippen molar-refractivity contribution in [2.75, 3.05) is 19.6 Å². The maximum Gasteiger partial charge on any atom is 0.00683 e. The Morgan fingerprint density at radius 2 is 2.13 bits per heavy atom. The molecule has 0 radical (unpaired) electrons. The summed E-state index contributed by atoms with van der Waals surface area (Å²) in [6.07, 6.45) is 6.97. The lowest BCUT2D eigenvalue weighted by Gasteiger charge is -2.36. The predicted molar refractivity (Wildman–Crippen MR) is 65.1 cm³/mol. The molecule has 15 heavy (non-hydrogen) atoms. The van der Waals surface area contributed by atoms with Crippen LogP contribution in [0.2, 0.25) is 0 Å². The fraction of sp³-hybridized carbons (Fsp3) is 1.00. The normalized spacial score (nSPS) is 30.4. The molecule has 2 rings (SSSR count). The molecule has 88 valence electrons. The second-order valence-electron chi connectivity index (χ2n) is 5.44. The van der Waals surface area contributed by atoms with Crippen LogP contribution in [0.4, 0.5) is 0 Å². The first-order chi connectivity index (χ1) is 7.29. The molecular formula is C13H26N2. The van der Waals surface area contributed by atoms with Gasteiger partial charge in [-0.15, -0.1) is 0 Å². The van der Waals surface area contributed by atoms with Crippen LogP contribution in [0.1, 0.15) is 46.0 Å². The van der Waals surface area contributed by atoms with Gasteiger partial charge in [-0.05, 0) is 58.0 Å². The predicted octanol–water partition coefficient (Wildman–Crippen LogP) is 2.25. The molecule has 2 atom stereocenters. The van der Waals surface area contributed by atoms with E-state index >= 15 is 0 Å². The second kappa shape index (κ2) is 5.31. The third kappa shape index (κ3) is 3.46. The van der Waals surface area contributed by atoms with E-state index in [9.17, 15) is 0 Å². The summed E-state index contributed by atoms with van der Waals surface area (Å²) in [5.74, 6) is 0.911. The first-order valence-corrected chi connectivity index (χ1v) is 6.77. The molecule has 0 aromatic heterocycles. The van der Waals surface area contributed by atoms with Gasteiger partial charge in [0.25, 0.3) is 0 Å². The Bertz CT molecular complexity index is 189. The summed E-state index contributed by atoms with van der Waals surface area (Å²) in [5.41, 5.74) is 0. The van der Waals surface area contributed by atoms with E-state index in [4.69, 9.17) is 0 Å². The molecule has 0 bridgehead atoms. The van der Waals surface area contributed by atoms with Crippen molar-refractivity contribution in [1.29, 1.82) is 0 Å². The van der Waals surface area contributed by atoms with Crippen LogP contribution in [0.5, 0.6) is 0 Å². The number of hydrogen-bond donors (Lipinski definition) is 1. The lowest BCUT2D eigenvalue weighted by atomic mass is 9.96. The number of piperidine rings is 1. The van der Waals surface area contributed by atoms with Crippen LogP contribution in [0.3, 0.4) is 0 Å². The number of likely N-dealkylation sites (tertiary alicyclic amines) is 1. The molecule has 0 spiro atoms. The molecule has 1 aliphatic heterocycles. The molecule has 0 aromatic rings. The van der Waals surface area contributed by atoms with Crippen molar-refractivity contribution < 1.29 is 0 Å². The van der Waals surface area contributed by atoms with Crippen molar-refractivity contribution in [2.45, 2.75) is 58.0 Å². The monoisotopic (exact) mass is 210 g/mol. The van der Waals surface area contributed by atoms with E-state index in [-0.39, 0.29) is 0 Å². The van der Waals surface area contributed by atoms with Crippen LogP contribution in [0.15, 0.2) is 0 Å². The topological polar surface area (TPSA) is 15.3 Å². The average Bonchev–Trinajstić information content (AvgIpc) is 3.09. The molecule has 0 amide bonds. The van der Waals surface area contributed by atoms with Gasteiger partial charge in [-0.3, -0.25) is 0 Å². The van der Waals surface area contributed by atoms with Gasteiger partial charge in [0.1, 0.15) is 0 Å². The highest BCUT2D eigenvalue weighted by molar-refractivity contribution is 4.84. The van der Waals surface area contributed by atoms with Gasteiger partial charge in [-0.25, -0.2) is 0 Å². The minimum absolute atomic E-state index is 0.786. The molecule has 1 aliphatic carbocycles. The molecule has 2 fully saturated rings. The average molecular weight is 210 g/mol. The molecule has 2 nitrogen and oxygen atoms in total. The van der Waals surface area contributed by atoms with Crippen molar-refractivity contribution in [2.24, 2.45) is 5.92 Å². The fourth-order valence-electron chi connectivity index (χ4n) is 2.54. The zero-order valence-corrected chi connectivity index (χ0v) is 10.3. The van der Waals surface area contributed by atoms with Crippen molar-refractivity contribution in [1.82, 2.24) is 10.2 Å². The van der Waals surface area contributed by atoms with E-state index in [1.54, 1.807) is 0 Å². The van der Waals surface area contributed by atoms with Gasteiger partial charge in [0.2, 0.25) is 0 Å². The SMILES string of the molecule is CCC(C)N1CCCC(CNC2CC2)C1. The summed E-state index contributed by atoms with van der Waals surface area (Å²) in [5, 5.41) is 3.68. The maximum atomic E-state index is 3.68. The van der Waals surface area contributed by atoms with Gasteiger partial charge in [0.05, 0.1) is 0 Å². The molecular weight excluding hydrogens is 184 g/mol. The van der Waals surface area contributed by atoms with Crippen molar-refractivity contribution >= 4 is 0 Å². The van der Waals surface area contributed by atoms with Crippen LogP contribution >= 0.6 is 0 Å². The minimum atomic E-state index is 0.786. The molecule has 2 aliphatic rings. The van der Waals surface area contributed by atoms with Gasteiger partial charge in [-0.1, -0.05) is 6.92 Å². The van der Waals surface area contributed by atoms with Crippen LogP contribution in [0.25, 0.3) is 0 Å². The summed E-state index contributed by atoms with van der Waals surface area (Å²) in [6.45, 7) is 8.59. The zero-order valence-electron chi connectivity index (χ0n) is 10.3. The summed E-state index contributed by atoms with van der Waals surface area (Å²) in [7, 11) is 0. The summed E-state index contributed by atoms with van der Waals surface area (Å²) in [6, 6.07) is 1.66. The lowest BCUT2D eigenvalue weighted by molar-refractivity contribution is 0.127. The molecule has 1 heterocycles. The molecule has 2 unspecified atom stereocenters. The van der Waals surface area contributed by atoms with Crippen LogP contribution in [0, 0.1) is 5.92 Å². The summed E-state index contributed by atoms with van der Waals surface area (Å²) in [4.78, 5) is 2.68. The molecule has 1 N–H and O–H groups in total. The Morgan fingerprint density at radius 3 is 2.80 bits per heavy atom. The van der Waals surface area contributed by atoms with E-state index in [0.717, 1.165) is 18.0 Å². The first-order valence-electron chi connectivity index (χ1n) is 6.77. The van der Waals surface area contributed by atoms with Crippen molar-refractivity contribution in [3.8, 4) is 0 Å².